The molecule has 3 rings (SSSR count). The van der Waals surface area contributed by atoms with Crippen LogP contribution in [0.15, 0.2) is 42.5 Å². The number of carboxylic acids is 1. The number of rotatable bonds is 6. The van der Waals surface area contributed by atoms with E-state index in [0.29, 0.717) is 28.6 Å². The monoisotopic (exact) mass is 449 g/mol. The number of carboxylic acid groups (broad SMARTS) is 1. The molecule has 3 aromatic rings. The van der Waals surface area contributed by atoms with Crippen LogP contribution in [0.1, 0.15) is 47.8 Å². The highest BCUT2D eigenvalue weighted by Gasteiger charge is 2.32. The molecule has 0 fully saturated rings. The zero-order valence-electron chi connectivity index (χ0n) is 17.6. The highest BCUT2D eigenvalue weighted by Crippen LogP contribution is 2.37. The molecule has 1 heterocycles. The standard InChI is InChI=1S/C23H22F3NO5/c1-12(2)10-18(22(30)31)20-13(3)27(19-9-6-15(28)11-17(19)20)21(29)14-4-7-16(8-5-14)32-23(24,25)26/h4-9,11-12,18,28H,10H2,1-3H3,(H,30,31). The summed E-state index contributed by atoms with van der Waals surface area (Å²) in [6.07, 6.45) is -4.53. The van der Waals surface area contributed by atoms with Crippen LogP contribution in [0.5, 0.6) is 11.5 Å². The molecule has 1 atom stereocenters. The van der Waals surface area contributed by atoms with Crippen LogP contribution in [-0.4, -0.2) is 33.0 Å². The number of hydrogen-bond acceptors (Lipinski definition) is 4. The molecule has 0 aliphatic heterocycles. The Bertz CT molecular complexity index is 1160. The fourth-order valence-electron chi connectivity index (χ4n) is 3.87. The summed E-state index contributed by atoms with van der Waals surface area (Å²) in [5.74, 6) is -2.98. The van der Waals surface area contributed by atoms with Gasteiger partial charge in [-0.1, -0.05) is 13.8 Å². The number of benzene rings is 2. The number of fused-ring (bicyclic) bond motifs is 1. The van der Waals surface area contributed by atoms with E-state index in [1.54, 1.807) is 6.92 Å². The zero-order chi connectivity index (χ0) is 23.8. The van der Waals surface area contributed by atoms with Crippen molar-refractivity contribution in [3.05, 3.63) is 59.3 Å². The lowest BCUT2D eigenvalue weighted by atomic mass is 9.88. The number of phenolic OH excluding ortho intramolecular Hbond substituents is 1. The summed E-state index contributed by atoms with van der Waals surface area (Å²) < 4.78 is 42.3. The van der Waals surface area contributed by atoms with E-state index in [4.69, 9.17) is 0 Å². The molecular formula is C23H22F3NO5. The number of ether oxygens (including phenoxy) is 1. The molecule has 0 saturated heterocycles. The van der Waals surface area contributed by atoms with Crippen molar-refractivity contribution >= 4 is 22.8 Å². The normalized spacial score (nSPS) is 12.8. The number of aromatic hydroxyl groups is 1. The number of carbonyl (C=O) groups is 2. The van der Waals surface area contributed by atoms with E-state index in [2.05, 4.69) is 4.74 Å². The zero-order valence-corrected chi connectivity index (χ0v) is 17.6. The summed E-state index contributed by atoms with van der Waals surface area (Å²) in [5.41, 5.74) is 1.29. The van der Waals surface area contributed by atoms with Crippen LogP contribution in [0.3, 0.4) is 0 Å². The SMILES string of the molecule is Cc1c(C(CC(C)C)C(=O)O)c2cc(O)ccc2n1C(=O)c1ccc(OC(F)(F)F)cc1. The number of phenols is 1. The Morgan fingerprint density at radius 2 is 1.72 bits per heavy atom. The van der Waals surface area contributed by atoms with Crippen LogP contribution >= 0.6 is 0 Å². The van der Waals surface area contributed by atoms with Gasteiger partial charge in [-0.3, -0.25) is 14.2 Å². The predicted octanol–water partition coefficient (Wildman–Crippen LogP) is 5.46. The van der Waals surface area contributed by atoms with E-state index in [0.717, 1.165) is 12.1 Å². The molecule has 0 aliphatic rings. The first-order chi connectivity index (χ1) is 14.9. The molecule has 0 aliphatic carbocycles. The summed E-state index contributed by atoms with van der Waals surface area (Å²) in [7, 11) is 0. The lowest BCUT2D eigenvalue weighted by molar-refractivity contribution is -0.274. The van der Waals surface area contributed by atoms with Crippen molar-refractivity contribution in [1.29, 1.82) is 0 Å². The minimum atomic E-state index is -4.85. The van der Waals surface area contributed by atoms with Gasteiger partial charge in [0.25, 0.3) is 5.91 Å². The molecule has 0 bridgehead atoms. The number of hydrogen-bond donors (Lipinski definition) is 2. The van der Waals surface area contributed by atoms with Crippen LogP contribution in [-0.2, 0) is 4.79 Å². The molecule has 1 aromatic heterocycles. The van der Waals surface area contributed by atoms with E-state index in [1.165, 1.54) is 34.9 Å². The van der Waals surface area contributed by atoms with E-state index in [-0.39, 0.29) is 17.2 Å². The maximum atomic E-state index is 13.3. The van der Waals surface area contributed by atoms with E-state index in [1.807, 2.05) is 13.8 Å². The minimum Gasteiger partial charge on any atom is -0.508 e. The summed E-state index contributed by atoms with van der Waals surface area (Å²) in [6, 6.07) is 8.79. The molecule has 9 heteroatoms. The number of halogens is 3. The van der Waals surface area contributed by atoms with Crippen molar-refractivity contribution in [2.75, 3.05) is 0 Å². The molecule has 2 aromatic carbocycles. The van der Waals surface area contributed by atoms with Crippen molar-refractivity contribution in [3.63, 3.8) is 0 Å². The second-order valence-electron chi connectivity index (χ2n) is 7.93. The second kappa shape index (κ2) is 8.57. The smallest absolute Gasteiger partial charge is 0.508 e. The number of aliphatic carboxylic acids is 1. The Hall–Kier alpha value is -3.49. The van der Waals surface area contributed by atoms with Gasteiger partial charge in [0.15, 0.2) is 0 Å². The van der Waals surface area contributed by atoms with E-state index >= 15 is 0 Å². The molecular weight excluding hydrogens is 427 g/mol. The van der Waals surface area contributed by atoms with Gasteiger partial charge in [0.05, 0.1) is 11.4 Å². The molecule has 0 spiro atoms. The number of nitrogens with zero attached hydrogens (tertiary/aromatic N) is 1. The van der Waals surface area contributed by atoms with Crippen LogP contribution in [0.25, 0.3) is 10.9 Å². The van der Waals surface area contributed by atoms with Gasteiger partial charge < -0.3 is 14.9 Å². The minimum absolute atomic E-state index is 0.0584. The third-order valence-corrected chi connectivity index (χ3v) is 5.13. The van der Waals surface area contributed by atoms with Gasteiger partial charge in [-0.05, 0) is 67.3 Å². The van der Waals surface area contributed by atoms with Gasteiger partial charge in [0.1, 0.15) is 11.5 Å². The Balaban J connectivity index is 2.14. The first kappa shape index (κ1) is 23.2. The van der Waals surface area contributed by atoms with Gasteiger partial charge in [0.2, 0.25) is 0 Å². The summed E-state index contributed by atoms with van der Waals surface area (Å²) >= 11 is 0. The lowest BCUT2D eigenvalue weighted by Crippen LogP contribution is -2.18. The fraction of sp³-hybridized carbons (Fsp3) is 0.304. The lowest BCUT2D eigenvalue weighted by Gasteiger charge is -2.16. The average molecular weight is 449 g/mol. The maximum absolute atomic E-state index is 13.3. The topological polar surface area (TPSA) is 88.8 Å². The van der Waals surface area contributed by atoms with Crippen molar-refractivity contribution < 1.29 is 37.7 Å². The first-order valence-corrected chi connectivity index (χ1v) is 9.86. The van der Waals surface area contributed by atoms with Gasteiger partial charge in [0, 0.05) is 16.6 Å². The summed E-state index contributed by atoms with van der Waals surface area (Å²) in [6.45, 7) is 5.39. The van der Waals surface area contributed by atoms with Crippen LogP contribution < -0.4 is 4.74 Å². The van der Waals surface area contributed by atoms with Crippen molar-refractivity contribution in [1.82, 2.24) is 4.57 Å². The highest BCUT2D eigenvalue weighted by atomic mass is 19.4. The summed E-state index contributed by atoms with van der Waals surface area (Å²) in [4.78, 5) is 25.3. The van der Waals surface area contributed by atoms with Gasteiger partial charge in [-0.2, -0.15) is 0 Å². The first-order valence-electron chi connectivity index (χ1n) is 9.86. The highest BCUT2D eigenvalue weighted by molar-refractivity contribution is 6.05. The molecule has 1 unspecified atom stereocenters. The third kappa shape index (κ3) is 4.71. The van der Waals surface area contributed by atoms with E-state index in [9.17, 15) is 33.0 Å². The third-order valence-electron chi connectivity index (χ3n) is 5.13. The molecule has 2 N–H and O–H groups in total. The Labute approximate surface area is 181 Å². The van der Waals surface area contributed by atoms with Crippen molar-refractivity contribution in [3.8, 4) is 11.5 Å². The van der Waals surface area contributed by atoms with Gasteiger partial charge >= 0.3 is 12.3 Å². The Morgan fingerprint density at radius 1 is 1.09 bits per heavy atom. The molecule has 0 amide bonds. The molecule has 170 valence electrons. The van der Waals surface area contributed by atoms with Crippen molar-refractivity contribution in [2.45, 2.75) is 39.5 Å². The Morgan fingerprint density at radius 3 is 2.25 bits per heavy atom. The molecule has 6 nitrogen and oxygen atoms in total. The number of aromatic nitrogens is 1. The second-order valence-corrected chi connectivity index (χ2v) is 7.93. The predicted molar refractivity (Wildman–Crippen MR) is 111 cm³/mol. The van der Waals surface area contributed by atoms with Crippen LogP contribution in [0.2, 0.25) is 0 Å². The van der Waals surface area contributed by atoms with Crippen LogP contribution in [0, 0.1) is 12.8 Å². The number of carbonyl (C=O) groups excluding carboxylic acids is 1. The summed E-state index contributed by atoms with van der Waals surface area (Å²) in [5, 5.41) is 20.3. The van der Waals surface area contributed by atoms with Gasteiger partial charge in [-0.15, -0.1) is 13.2 Å². The molecule has 0 saturated carbocycles. The average Bonchev–Trinajstić information content (AvgIpc) is 2.95. The largest absolute Gasteiger partial charge is 0.573 e. The quantitative estimate of drug-likeness (QED) is 0.522. The van der Waals surface area contributed by atoms with E-state index < -0.39 is 29.9 Å². The number of alkyl halides is 3. The maximum Gasteiger partial charge on any atom is 0.573 e. The molecule has 0 radical (unpaired) electrons. The van der Waals surface area contributed by atoms with Crippen molar-refractivity contribution in [2.24, 2.45) is 5.92 Å². The molecule has 32 heavy (non-hydrogen) atoms. The fourth-order valence-corrected chi connectivity index (χ4v) is 3.87. The Kier molecular flexibility index (Phi) is 6.20. The van der Waals surface area contributed by atoms with Crippen LogP contribution in [0.4, 0.5) is 13.2 Å². The van der Waals surface area contributed by atoms with Gasteiger partial charge in [-0.25, -0.2) is 0 Å².